The highest BCUT2D eigenvalue weighted by Gasteiger charge is 2.06. The molecule has 0 saturated heterocycles. The fourth-order valence-corrected chi connectivity index (χ4v) is 2.76. The normalized spacial score (nSPS) is 10.2. The second-order valence-corrected chi connectivity index (χ2v) is 5.94. The molecule has 1 heterocycles. The maximum atomic E-state index is 11.4. The summed E-state index contributed by atoms with van der Waals surface area (Å²) in [5.74, 6) is -0.868. The van der Waals surface area contributed by atoms with Gasteiger partial charge in [0.15, 0.2) is 0 Å². The molecule has 0 saturated carbocycles. The van der Waals surface area contributed by atoms with Gasteiger partial charge < -0.3 is 10.4 Å². The van der Waals surface area contributed by atoms with Crippen LogP contribution in [0.3, 0.4) is 0 Å². The van der Waals surface area contributed by atoms with Crippen LogP contribution in [0.25, 0.3) is 0 Å². The molecule has 1 rings (SSSR count). The molecular weight excluding hydrogens is 258 g/mol. The summed E-state index contributed by atoms with van der Waals surface area (Å²) in [7, 11) is 0. The Morgan fingerprint density at radius 2 is 2.12 bits per heavy atom. The molecule has 1 aromatic heterocycles. The number of hydrogen-bond acceptors (Lipinski definition) is 4. The zero-order valence-electron chi connectivity index (χ0n) is 9.78. The molecular formula is C11H15NO3S2. The molecule has 0 fully saturated rings. The number of carboxylic acids is 1. The third kappa shape index (κ3) is 5.23. The summed E-state index contributed by atoms with van der Waals surface area (Å²) < 4.78 is 0. The average molecular weight is 273 g/mol. The maximum Gasteiger partial charge on any atom is 0.313 e. The molecule has 0 unspecified atom stereocenters. The molecule has 94 valence electrons. The van der Waals surface area contributed by atoms with E-state index in [-0.39, 0.29) is 17.4 Å². The van der Waals surface area contributed by atoms with Crippen molar-refractivity contribution in [1.29, 1.82) is 0 Å². The SMILES string of the molecule is Cc1cc(CNC(=O)CSCC(=O)O)sc1C. The Kier molecular flexibility index (Phi) is 5.50. The molecule has 0 radical (unpaired) electrons. The highest BCUT2D eigenvalue weighted by atomic mass is 32.2. The number of carbonyl (C=O) groups is 2. The van der Waals surface area contributed by atoms with Crippen molar-refractivity contribution in [2.45, 2.75) is 20.4 Å². The minimum atomic E-state index is -0.896. The lowest BCUT2D eigenvalue weighted by Gasteiger charge is -2.02. The summed E-state index contributed by atoms with van der Waals surface area (Å²) in [5.41, 5.74) is 1.24. The van der Waals surface area contributed by atoms with Crippen molar-refractivity contribution in [2.75, 3.05) is 11.5 Å². The average Bonchev–Trinajstić information content (AvgIpc) is 2.55. The molecule has 0 aliphatic rings. The van der Waals surface area contributed by atoms with Gasteiger partial charge in [0.05, 0.1) is 18.1 Å². The summed E-state index contributed by atoms with van der Waals surface area (Å²) in [4.78, 5) is 24.0. The van der Waals surface area contributed by atoms with E-state index in [1.165, 1.54) is 10.4 Å². The number of thiophene rings is 1. The van der Waals surface area contributed by atoms with E-state index in [1.807, 2.05) is 13.8 Å². The lowest BCUT2D eigenvalue weighted by atomic mass is 10.3. The number of amides is 1. The fraction of sp³-hybridized carbons (Fsp3) is 0.455. The van der Waals surface area contributed by atoms with E-state index in [0.717, 1.165) is 16.6 Å². The molecule has 1 aromatic rings. The second kappa shape index (κ2) is 6.66. The quantitative estimate of drug-likeness (QED) is 0.829. The first kappa shape index (κ1) is 14.1. The van der Waals surface area contributed by atoms with Crippen LogP contribution in [0.1, 0.15) is 15.3 Å². The molecule has 0 aromatic carbocycles. The molecule has 6 heteroatoms. The summed E-state index contributed by atoms with van der Waals surface area (Å²) in [6.45, 7) is 4.61. The van der Waals surface area contributed by atoms with Gasteiger partial charge in [-0.15, -0.1) is 23.1 Å². The van der Waals surface area contributed by atoms with E-state index in [2.05, 4.69) is 11.4 Å². The van der Waals surface area contributed by atoms with E-state index >= 15 is 0 Å². The molecule has 2 N–H and O–H groups in total. The van der Waals surface area contributed by atoms with Crippen molar-refractivity contribution in [3.8, 4) is 0 Å². The van der Waals surface area contributed by atoms with Gasteiger partial charge >= 0.3 is 5.97 Å². The zero-order valence-corrected chi connectivity index (χ0v) is 11.4. The Morgan fingerprint density at radius 3 is 2.65 bits per heavy atom. The standard InChI is InChI=1S/C11H15NO3S2/c1-7-3-9(17-8(7)2)4-12-10(13)5-16-6-11(14)15/h3H,4-6H2,1-2H3,(H,12,13)(H,14,15). The second-order valence-electron chi connectivity index (χ2n) is 3.62. The van der Waals surface area contributed by atoms with Gasteiger partial charge in [-0.3, -0.25) is 9.59 Å². The van der Waals surface area contributed by atoms with Crippen molar-refractivity contribution in [2.24, 2.45) is 0 Å². The van der Waals surface area contributed by atoms with Crippen molar-refractivity contribution < 1.29 is 14.7 Å². The van der Waals surface area contributed by atoms with E-state index in [4.69, 9.17) is 5.11 Å². The number of thioether (sulfide) groups is 1. The third-order valence-corrected chi connectivity index (χ3v) is 4.21. The Labute approximate surface area is 108 Å². The largest absolute Gasteiger partial charge is 0.481 e. The predicted octanol–water partition coefficient (Wildman–Crippen LogP) is 1.80. The molecule has 0 bridgehead atoms. The van der Waals surface area contributed by atoms with Crippen LogP contribution in [0, 0.1) is 13.8 Å². The monoisotopic (exact) mass is 273 g/mol. The van der Waals surface area contributed by atoms with Crippen molar-refractivity contribution in [3.05, 3.63) is 21.4 Å². The van der Waals surface area contributed by atoms with Gasteiger partial charge in [0.2, 0.25) is 5.91 Å². The lowest BCUT2D eigenvalue weighted by Crippen LogP contribution is -2.24. The maximum absolute atomic E-state index is 11.4. The van der Waals surface area contributed by atoms with Crippen LogP contribution in [0.15, 0.2) is 6.07 Å². The van der Waals surface area contributed by atoms with Gasteiger partial charge in [0.1, 0.15) is 0 Å². The van der Waals surface area contributed by atoms with Crippen LogP contribution in [0.5, 0.6) is 0 Å². The highest BCUT2D eigenvalue weighted by Crippen LogP contribution is 2.20. The minimum Gasteiger partial charge on any atom is -0.481 e. The van der Waals surface area contributed by atoms with E-state index < -0.39 is 5.97 Å². The third-order valence-electron chi connectivity index (χ3n) is 2.14. The Balaban J connectivity index is 2.26. The van der Waals surface area contributed by atoms with Gasteiger partial charge in [0.25, 0.3) is 0 Å². The first-order chi connectivity index (χ1) is 7.99. The van der Waals surface area contributed by atoms with Crippen LogP contribution in [0.4, 0.5) is 0 Å². The predicted molar refractivity (Wildman–Crippen MR) is 70.6 cm³/mol. The number of carboxylic acid groups (broad SMARTS) is 1. The van der Waals surface area contributed by atoms with Gasteiger partial charge in [-0.25, -0.2) is 0 Å². The van der Waals surface area contributed by atoms with Gasteiger partial charge in [0, 0.05) is 9.75 Å². The van der Waals surface area contributed by atoms with Gasteiger partial charge in [-0.1, -0.05) is 0 Å². The van der Waals surface area contributed by atoms with Crippen molar-refractivity contribution >= 4 is 35.0 Å². The smallest absolute Gasteiger partial charge is 0.313 e. The van der Waals surface area contributed by atoms with Crippen molar-refractivity contribution in [1.82, 2.24) is 5.32 Å². The molecule has 0 aliphatic heterocycles. The first-order valence-corrected chi connectivity index (χ1v) is 7.08. The highest BCUT2D eigenvalue weighted by molar-refractivity contribution is 8.00. The van der Waals surface area contributed by atoms with E-state index in [9.17, 15) is 9.59 Å². The number of carbonyl (C=O) groups excluding carboxylic acids is 1. The molecule has 0 atom stereocenters. The van der Waals surface area contributed by atoms with Gasteiger partial charge in [-0.2, -0.15) is 0 Å². The minimum absolute atomic E-state index is 0.0371. The molecule has 0 spiro atoms. The number of aryl methyl sites for hydroxylation is 2. The van der Waals surface area contributed by atoms with Crippen LogP contribution >= 0.6 is 23.1 Å². The lowest BCUT2D eigenvalue weighted by molar-refractivity contribution is -0.133. The zero-order chi connectivity index (χ0) is 12.8. The van der Waals surface area contributed by atoms with E-state index in [0.29, 0.717) is 6.54 Å². The Morgan fingerprint density at radius 1 is 1.41 bits per heavy atom. The molecule has 1 amide bonds. The molecule has 17 heavy (non-hydrogen) atoms. The van der Waals surface area contributed by atoms with Crippen LogP contribution < -0.4 is 5.32 Å². The number of hydrogen-bond donors (Lipinski definition) is 2. The van der Waals surface area contributed by atoms with Crippen molar-refractivity contribution in [3.63, 3.8) is 0 Å². The Bertz CT molecular complexity index is 395. The fourth-order valence-electron chi connectivity index (χ4n) is 1.20. The first-order valence-electron chi connectivity index (χ1n) is 5.11. The molecule has 0 aliphatic carbocycles. The summed E-state index contributed by atoms with van der Waals surface area (Å²) in [6, 6.07) is 2.06. The summed E-state index contributed by atoms with van der Waals surface area (Å²) in [6.07, 6.45) is 0. The summed E-state index contributed by atoms with van der Waals surface area (Å²) in [5, 5.41) is 11.2. The van der Waals surface area contributed by atoms with Crippen LogP contribution in [-0.4, -0.2) is 28.5 Å². The van der Waals surface area contributed by atoms with Gasteiger partial charge in [-0.05, 0) is 25.5 Å². The Hall–Kier alpha value is -1.01. The van der Waals surface area contributed by atoms with E-state index in [1.54, 1.807) is 11.3 Å². The molecule has 4 nitrogen and oxygen atoms in total. The number of rotatable bonds is 6. The number of nitrogens with one attached hydrogen (secondary N) is 1. The topological polar surface area (TPSA) is 66.4 Å². The number of aliphatic carboxylic acids is 1. The van der Waals surface area contributed by atoms with Crippen LogP contribution in [-0.2, 0) is 16.1 Å². The van der Waals surface area contributed by atoms with Crippen LogP contribution in [0.2, 0.25) is 0 Å². The summed E-state index contributed by atoms with van der Waals surface area (Å²) >= 11 is 2.77.